The molecule has 0 spiro atoms. The van der Waals surface area contributed by atoms with E-state index in [2.05, 4.69) is 19.2 Å². The average Bonchev–Trinajstić information content (AvgIpc) is 2.93. The van der Waals surface area contributed by atoms with Crippen molar-refractivity contribution < 1.29 is 19.1 Å². The third-order valence-electron chi connectivity index (χ3n) is 4.20. The largest absolute Gasteiger partial charge is 0.465 e. The Morgan fingerprint density at radius 2 is 2.10 bits per heavy atom. The van der Waals surface area contributed by atoms with Crippen LogP contribution in [0.2, 0.25) is 0 Å². The molecule has 1 unspecified atom stereocenters. The number of methoxy groups -OCH3 is 1. The fourth-order valence-corrected chi connectivity index (χ4v) is 2.76. The van der Waals surface area contributed by atoms with Gasteiger partial charge in [0.1, 0.15) is 6.54 Å². The minimum atomic E-state index is -0.430. The third-order valence-corrected chi connectivity index (χ3v) is 4.20. The molecule has 0 saturated carbocycles. The lowest BCUT2D eigenvalue weighted by molar-refractivity contribution is -0.154. The molecular weight excluding hydrogens is 272 g/mol. The van der Waals surface area contributed by atoms with Gasteiger partial charge in [-0.25, -0.2) is 0 Å². The topological polar surface area (TPSA) is 67.9 Å². The Morgan fingerprint density at radius 1 is 1.38 bits per heavy atom. The molecule has 0 aromatic heterocycles. The lowest BCUT2D eigenvalue weighted by Gasteiger charge is -2.36. The van der Waals surface area contributed by atoms with E-state index in [-0.39, 0.29) is 24.3 Å². The summed E-state index contributed by atoms with van der Waals surface area (Å²) in [5, 5.41) is 3.27. The van der Waals surface area contributed by atoms with Crippen molar-refractivity contribution in [3.05, 3.63) is 0 Å². The number of carbonyl (C=O) groups excluding carboxylic acids is 2. The summed E-state index contributed by atoms with van der Waals surface area (Å²) in [7, 11) is 1.59. The van der Waals surface area contributed by atoms with Crippen LogP contribution in [-0.2, 0) is 19.1 Å². The minimum absolute atomic E-state index is 0.00942. The molecule has 0 aliphatic carbocycles. The highest BCUT2D eigenvalue weighted by Gasteiger charge is 2.46. The predicted molar refractivity (Wildman–Crippen MR) is 79.8 cm³/mol. The van der Waals surface area contributed by atoms with Gasteiger partial charge in [0.25, 0.3) is 0 Å². The second-order valence-electron chi connectivity index (χ2n) is 5.76. The van der Waals surface area contributed by atoms with Gasteiger partial charge >= 0.3 is 5.97 Å². The van der Waals surface area contributed by atoms with Crippen LogP contribution in [0.1, 0.15) is 27.2 Å². The van der Waals surface area contributed by atoms with E-state index in [1.54, 1.807) is 18.9 Å². The number of amides is 1. The molecular formula is C15H28N2O4. The standard InChI is InChI=1S/C15H28N2O4/c1-5-21-13(18)10-17(8-9-20-4)14(19)15(12(2)3)6-7-16-11-15/h12,16H,5-11H2,1-4H3. The maximum absolute atomic E-state index is 13.0. The van der Waals surface area contributed by atoms with E-state index in [1.807, 2.05) is 0 Å². The van der Waals surface area contributed by atoms with Crippen molar-refractivity contribution in [3.8, 4) is 0 Å². The average molecular weight is 300 g/mol. The van der Waals surface area contributed by atoms with Crippen molar-refractivity contribution in [1.82, 2.24) is 10.2 Å². The molecule has 1 aliphatic rings. The summed E-state index contributed by atoms with van der Waals surface area (Å²) < 4.78 is 10.0. The van der Waals surface area contributed by atoms with Crippen molar-refractivity contribution in [3.63, 3.8) is 0 Å². The first kappa shape index (κ1) is 17.9. The van der Waals surface area contributed by atoms with Gasteiger partial charge in [-0.1, -0.05) is 13.8 Å². The smallest absolute Gasteiger partial charge is 0.325 e. The molecule has 1 fully saturated rings. The number of esters is 1. The number of hydrogen-bond donors (Lipinski definition) is 1. The molecule has 1 aliphatic heterocycles. The Labute approximate surface area is 127 Å². The second-order valence-corrected chi connectivity index (χ2v) is 5.76. The van der Waals surface area contributed by atoms with E-state index in [1.165, 1.54) is 0 Å². The number of rotatable bonds is 8. The van der Waals surface area contributed by atoms with Crippen LogP contribution in [0.4, 0.5) is 0 Å². The van der Waals surface area contributed by atoms with Gasteiger partial charge in [0.15, 0.2) is 0 Å². The Bertz CT molecular complexity index is 352. The number of carbonyl (C=O) groups is 2. The van der Waals surface area contributed by atoms with Crippen LogP contribution in [0, 0.1) is 11.3 Å². The maximum atomic E-state index is 13.0. The van der Waals surface area contributed by atoms with Crippen LogP contribution in [0.3, 0.4) is 0 Å². The van der Waals surface area contributed by atoms with Gasteiger partial charge in [0.05, 0.1) is 18.6 Å². The highest BCUT2D eigenvalue weighted by atomic mass is 16.5. The number of hydrogen-bond acceptors (Lipinski definition) is 5. The highest BCUT2D eigenvalue weighted by Crippen LogP contribution is 2.36. The Hall–Kier alpha value is -1.14. The molecule has 0 aromatic rings. The van der Waals surface area contributed by atoms with Crippen molar-refractivity contribution >= 4 is 11.9 Å². The van der Waals surface area contributed by atoms with Crippen LogP contribution < -0.4 is 5.32 Å². The van der Waals surface area contributed by atoms with Gasteiger partial charge in [-0.3, -0.25) is 9.59 Å². The zero-order chi connectivity index (χ0) is 15.9. The van der Waals surface area contributed by atoms with Crippen LogP contribution >= 0.6 is 0 Å². The summed E-state index contributed by atoms with van der Waals surface area (Å²) in [6.45, 7) is 8.50. The summed E-state index contributed by atoms with van der Waals surface area (Å²) in [6.07, 6.45) is 0.801. The van der Waals surface area contributed by atoms with Crippen molar-refractivity contribution in [2.45, 2.75) is 27.2 Å². The summed E-state index contributed by atoms with van der Waals surface area (Å²) in [4.78, 5) is 26.3. The van der Waals surface area contributed by atoms with Crippen LogP contribution in [0.15, 0.2) is 0 Å². The molecule has 0 bridgehead atoms. The van der Waals surface area contributed by atoms with Crippen LogP contribution in [-0.4, -0.2) is 63.3 Å². The molecule has 1 amide bonds. The van der Waals surface area contributed by atoms with Crippen molar-refractivity contribution in [2.75, 3.05) is 46.5 Å². The lowest BCUT2D eigenvalue weighted by atomic mass is 9.75. The normalized spacial score (nSPS) is 21.6. The van der Waals surface area contributed by atoms with Gasteiger partial charge in [-0.15, -0.1) is 0 Å². The van der Waals surface area contributed by atoms with Gasteiger partial charge in [0.2, 0.25) is 5.91 Å². The summed E-state index contributed by atoms with van der Waals surface area (Å²) in [5.74, 6) is -0.133. The molecule has 1 atom stereocenters. The fourth-order valence-electron chi connectivity index (χ4n) is 2.76. The number of ether oxygens (including phenoxy) is 2. The first-order chi connectivity index (χ1) is 9.97. The SMILES string of the molecule is CCOC(=O)CN(CCOC)C(=O)C1(C(C)C)CCNC1. The second kappa shape index (κ2) is 8.34. The molecule has 1 N–H and O–H groups in total. The third kappa shape index (κ3) is 4.41. The van der Waals surface area contributed by atoms with Crippen LogP contribution in [0.25, 0.3) is 0 Å². The Balaban J connectivity index is 2.84. The minimum Gasteiger partial charge on any atom is -0.465 e. The fraction of sp³-hybridized carbons (Fsp3) is 0.867. The van der Waals surface area contributed by atoms with Gasteiger partial charge < -0.3 is 19.7 Å². The molecule has 1 saturated heterocycles. The first-order valence-corrected chi connectivity index (χ1v) is 7.62. The van der Waals surface area contributed by atoms with E-state index in [9.17, 15) is 9.59 Å². The number of nitrogens with zero attached hydrogens (tertiary/aromatic N) is 1. The molecule has 21 heavy (non-hydrogen) atoms. The highest BCUT2D eigenvalue weighted by molar-refractivity contribution is 5.87. The molecule has 1 heterocycles. The zero-order valence-electron chi connectivity index (χ0n) is 13.6. The summed E-state index contributed by atoms with van der Waals surface area (Å²) in [5.41, 5.74) is -0.430. The number of nitrogens with one attached hydrogen (secondary N) is 1. The maximum Gasteiger partial charge on any atom is 0.325 e. The summed E-state index contributed by atoms with van der Waals surface area (Å²) in [6, 6.07) is 0. The van der Waals surface area contributed by atoms with Gasteiger partial charge in [-0.2, -0.15) is 0 Å². The Kier molecular flexibility index (Phi) is 7.11. The van der Waals surface area contributed by atoms with Crippen LogP contribution in [0.5, 0.6) is 0 Å². The van der Waals surface area contributed by atoms with Gasteiger partial charge in [0, 0.05) is 20.2 Å². The van der Waals surface area contributed by atoms with E-state index in [0.717, 1.165) is 13.0 Å². The molecule has 122 valence electrons. The zero-order valence-corrected chi connectivity index (χ0v) is 13.6. The molecule has 0 radical (unpaired) electrons. The Morgan fingerprint density at radius 3 is 2.57 bits per heavy atom. The van der Waals surface area contributed by atoms with E-state index >= 15 is 0 Å². The van der Waals surface area contributed by atoms with Crippen molar-refractivity contribution in [2.24, 2.45) is 11.3 Å². The van der Waals surface area contributed by atoms with E-state index in [0.29, 0.717) is 26.3 Å². The lowest BCUT2D eigenvalue weighted by Crippen LogP contribution is -2.50. The first-order valence-electron chi connectivity index (χ1n) is 7.62. The van der Waals surface area contributed by atoms with Crippen molar-refractivity contribution in [1.29, 1.82) is 0 Å². The molecule has 0 aromatic carbocycles. The monoisotopic (exact) mass is 300 g/mol. The molecule has 6 nitrogen and oxygen atoms in total. The van der Waals surface area contributed by atoms with Gasteiger partial charge in [-0.05, 0) is 25.8 Å². The molecule has 1 rings (SSSR count). The molecule has 6 heteroatoms. The van der Waals surface area contributed by atoms with E-state index in [4.69, 9.17) is 9.47 Å². The summed E-state index contributed by atoms with van der Waals surface area (Å²) >= 11 is 0. The van der Waals surface area contributed by atoms with E-state index < -0.39 is 5.41 Å². The quantitative estimate of drug-likeness (QED) is 0.667. The predicted octanol–water partition coefficient (Wildman–Crippen LogP) is 0.660.